The molecule has 0 aromatic heterocycles. The summed E-state index contributed by atoms with van der Waals surface area (Å²) in [5.74, 6) is 1.76. The van der Waals surface area contributed by atoms with E-state index in [1.165, 1.54) is 11.1 Å². The van der Waals surface area contributed by atoms with Gasteiger partial charge in [0.1, 0.15) is 5.75 Å². The lowest BCUT2D eigenvalue weighted by atomic mass is 9.90. The van der Waals surface area contributed by atoms with E-state index >= 15 is 0 Å². The summed E-state index contributed by atoms with van der Waals surface area (Å²) in [5.41, 5.74) is 2.63. The SMILES string of the molecule is Cc1cccc2c1OC(C)CC2C. The molecule has 0 fully saturated rings. The van der Waals surface area contributed by atoms with Gasteiger partial charge in [-0.15, -0.1) is 0 Å². The van der Waals surface area contributed by atoms with Crippen LogP contribution in [0.15, 0.2) is 18.2 Å². The molecule has 1 aliphatic rings. The summed E-state index contributed by atoms with van der Waals surface area (Å²) >= 11 is 0. The third-order valence-corrected chi connectivity index (χ3v) is 2.78. The van der Waals surface area contributed by atoms with E-state index < -0.39 is 0 Å². The van der Waals surface area contributed by atoms with Gasteiger partial charge in [0.2, 0.25) is 0 Å². The number of benzene rings is 1. The van der Waals surface area contributed by atoms with Crippen LogP contribution in [0, 0.1) is 6.92 Å². The van der Waals surface area contributed by atoms with Gasteiger partial charge < -0.3 is 4.74 Å². The van der Waals surface area contributed by atoms with E-state index in [-0.39, 0.29) is 0 Å². The predicted molar refractivity (Wildman–Crippen MR) is 54.3 cm³/mol. The molecule has 0 radical (unpaired) electrons. The Labute approximate surface area is 79.7 Å². The highest BCUT2D eigenvalue weighted by molar-refractivity contribution is 5.44. The van der Waals surface area contributed by atoms with Crippen LogP contribution in [-0.4, -0.2) is 6.10 Å². The topological polar surface area (TPSA) is 9.23 Å². The van der Waals surface area contributed by atoms with E-state index in [1.807, 2.05) is 0 Å². The second-order valence-electron chi connectivity index (χ2n) is 4.06. The Balaban J connectivity index is 2.49. The maximum absolute atomic E-state index is 5.83. The van der Waals surface area contributed by atoms with Gasteiger partial charge in [-0.25, -0.2) is 0 Å². The zero-order valence-corrected chi connectivity index (χ0v) is 8.50. The minimum atomic E-state index is 0.364. The highest BCUT2D eigenvalue weighted by Gasteiger charge is 2.23. The van der Waals surface area contributed by atoms with Crippen molar-refractivity contribution in [3.05, 3.63) is 29.3 Å². The van der Waals surface area contributed by atoms with Crippen molar-refractivity contribution in [2.75, 3.05) is 0 Å². The Kier molecular flexibility index (Phi) is 2.03. The summed E-state index contributed by atoms with van der Waals surface area (Å²) in [4.78, 5) is 0. The zero-order chi connectivity index (χ0) is 9.42. The maximum Gasteiger partial charge on any atom is 0.126 e. The lowest BCUT2D eigenvalue weighted by Gasteiger charge is -2.29. The second-order valence-corrected chi connectivity index (χ2v) is 4.06. The van der Waals surface area contributed by atoms with Crippen molar-refractivity contribution >= 4 is 0 Å². The largest absolute Gasteiger partial charge is 0.490 e. The third kappa shape index (κ3) is 1.43. The van der Waals surface area contributed by atoms with Gasteiger partial charge in [0.15, 0.2) is 0 Å². The molecule has 70 valence electrons. The van der Waals surface area contributed by atoms with Gasteiger partial charge in [0, 0.05) is 0 Å². The van der Waals surface area contributed by atoms with E-state index in [9.17, 15) is 0 Å². The summed E-state index contributed by atoms with van der Waals surface area (Å²) in [6, 6.07) is 6.41. The second kappa shape index (κ2) is 3.06. The van der Waals surface area contributed by atoms with Crippen LogP contribution >= 0.6 is 0 Å². The molecule has 0 aliphatic carbocycles. The lowest BCUT2D eigenvalue weighted by molar-refractivity contribution is 0.178. The number of rotatable bonds is 0. The smallest absolute Gasteiger partial charge is 0.126 e. The lowest BCUT2D eigenvalue weighted by Crippen LogP contribution is -2.21. The summed E-state index contributed by atoms with van der Waals surface area (Å²) in [6.45, 7) is 6.53. The van der Waals surface area contributed by atoms with Gasteiger partial charge >= 0.3 is 0 Å². The molecule has 0 N–H and O–H groups in total. The molecule has 1 nitrogen and oxygen atoms in total. The number of hydrogen-bond acceptors (Lipinski definition) is 1. The molecular weight excluding hydrogens is 160 g/mol. The van der Waals surface area contributed by atoms with Gasteiger partial charge in [-0.1, -0.05) is 25.1 Å². The van der Waals surface area contributed by atoms with E-state index in [1.54, 1.807) is 0 Å². The van der Waals surface area contributed by atoms with Crippen molar-refractivity contribution in [2.45, 2.75) is 39.2 Å². The molecule has 2 unspecified atom stereocenters. The van der Waals surface area contributed by atoms with Gasteiger partial charge in [0.05, 0.1) is 6.10 Å². The molecule has 1 heteroatoms. The van der Waals surface area contributed by atoms with Gasteiger partial charge in [-0.3, -0.25) is 0 Å². The first-order valence-electron chi connectivity index (χ1n) is 4.94. The number of aryl methyl sites for hydroxylation is 1. The van der Waals surface area contributed by atoms with Crippen molar-refractivity contribution in [3.8, 4) is 5.75 Å². The molecule has 1 heterocycles. The van der Waals surface area contributed by atoms with Crippen LogP contribution < -0.4 is 4.74 Å². The molecule has 0 bridgehead atoms. The van der Waals surface area contributed by atoms with Crippen LogP contribution in [0.4, 0.5) is 0 Å². The molecule has 0 saturated carbocycles. The fourth-order valence-corrected chi connectivity index (χ4v) is 2.10. The van der Waals surface area contributed by atoms with Gasteiger partial charge in [0.25, 0.3) is 0 Å². The van der Waals surface area contributed by atoms with Crippen molar-refractivity contribution in [3.63, 3.8) is 0 Å². The summed E-state index contributed by atoms with van der Waals surface area (Å²) in [6.07, 6.45) is 1.50. The van der Waals surface area contributed by atoms with Crippen molar-refractivity contribution in [1.29, 1.82) is 0 Å². The highest BCUT2D eigenvalue weighted by atomic mass is 16.5. The standard InChI is InChI=1S/C12H16O/c1-8-5-4-6-11-9(2)7-10(3)13-12(8)11/h4-6,9-10H,7H2,1-3H3. The van der Waals surface area contributed by atoms with Crippen LogP contribution in [0.3, 0.4) is 0 Å². The van der Waals surface area contributed by atoms with Gasteiger partial charge in [-0.2, -0.15) is 0 Å². The average Bonchev–Trinajstić information content (AvgIpc) is 2.07. The molecule has 0 saturated heterocycles. The molecule has 1 aromatic carbocycles. The minimum Gasteiger partial charge on any atom is -0.490 e. The molecule has 1 aliphatic heterocycles. The fraction of sp³-hybridized carbons (Fsp3) is 0.500. The Morgan fingerprint density at radius 3 is 2.85 bits per heavy atom. The Bertz CT molecular complexity index is 317. The molecule has 1 aromatic rings. The first-order valence-corrected chi connectivity index (χ1v) is 4.94. The molecule has 13 heavy (non-hydrogen) atoms. The summed E-state index contributed by atoms with van der Waals surface area (Å²) < 4.78 is 5.83. The normalized spacial score (nSPS) is 26.4. The first-order chi connectivity index (χ1) is 6.18. The maximum atomic E-state index is 5.83. The van der Waals surface area contributed by atoms with Crippen molar-refractivity contribution in [1.82, 2.24) is 0 Å². The molecule has 0 amide bonds. The number of para-hydroxylation sites is 1. The minimum absolute atomic E-state index is 0.364. The fourth-order valence-electron chi connectivity index (χ4n) is 2.10. The van der Waals surface area contributed by atoms with Crippen molar-refractivity contribution in [2.24, 2.45) is 0 Å². The quantitative estimate of drug-likeness (QED) is 0.589. The predicted octanol–water partition coefficient (Wildman–Crippen LogP) is 3.27. The summed E-state index contributed by atoms with van der Waals surface area (Å²) in [5, 5.41) is 0. The molecule has 2 atom stereocenters. The number of ether oxygens (including phenoxy) is 1. The monoisotopic (exact) mass is 176 g/mol. The van der Waals surface area contributed by atoms with Crippen LogP contribution in [0.2, 0.25) is 0 Å². The Morgan fingerprint density at radius 2 is 2.08 bits per heavy atom. The third-order valence-electron chi connectivity index (χ3n) is 2.78. The number of hydrogen-bond donors (Lipinski definition) is 0. The van der Waals surface area contributed by atoms with E-state index in [0.29, 0.717) is 12.0 Å². The average molecular weight is 176 g/mol. The molecular formula is C12H16O. The zero-order valence-electron chi connectivity index (χ0n) is 8.50. The Morgan fingerprint density at radius 1 is 1.31 bits per heavy atom. The van der Waals surface area contributed by atoms with E-state index in [0.717, 1.165) is 12.2 Å². The van der Waals surface area contributed by atoms with E-state index in [4.69, 9.17) is 4.74 Å². The molecule has 2 rings (SSSR count). The van der Waals surface area contributed by atoms with Crippen molar-refractivity contribution < 1.29 is 4.74 Å². The Hall–Kier alpha value is -0.980. The summed E-state index contributed by atoms with van der Waals surface area (Å²) in [7, 11) is 0. The van der Waals surface area contributed by atoms with Crippen LogP contribution in [0.5, 0.6) is 5.75 Å². The first kappa shape index (κ1) is 8.61. The number of fused-ring (bicyclic) bond motifs is 1. The molecule has 0 spiro atoms. The van der Waals surface area contributed by atoms with Crippen LogP contribution in [0.25, 0.3) is 0 Å². The van der Waals surface area contributed by atoms with Crippen LogP contribution in [-0.2, 0) is 0 Å². The van der Waals surface area contributed by atoms with Crippen LogP contribution in [0.1, 0.15) is 37.3 Å². The van der Waals surface area contributed by atoms with E-state index in [2.05, 4.69) is 39.0 Å². The van der Waals surface area contributed by atoms with Gasteiger partial charge in [-0.05, 0) is 37.3 Å². The highest BCUT2D eigenvalue weighted by Crippen LogP contribution is 2.37.